The summed E-state index contributed by atoms with van der Waals surface area (Å²) in [5.74, 6) is 0.534. The lowest BCUT2D eigenvalue weighted by molar-refractivity contribution is -0.149. The van der Waals surface area contributed by atoms with Gasteiger partial charge in [0.25, 0.3) is 0 Å². The Bertz CT molecular complexity index is 545. The van der Waals surface area contributed by atoms with E-state index >= 15 is 0 Å². The Hall–Kier alpha value is -1.69. The molecule has 0 aliphatic carbocycles. The predicted octanol–water partition coefficient (Wildman–Crippen LogP) is 2.45. The molecule has 0 spiro atoms. The first-order valence-electron chi connectivity index (χ1n) is 6.31. The summed E-state index contributed by atoms with van der Waals surface area (Å²) in [6.45, 7) is 0.725. The van der Waals surface area contributed by atoms with Gasteiger partial charge in [-0.15, -0.1) is 11.8 Å². The molecule has 2 rings (SSSR count). The van der Waals surface area contributed by atoms with Crippen molar-refractivity contribution in [2.75, 3.05) is 26.0 Å². The summed E-state index contributed by atoms with van der Waals surface area (Å²) in [5, 5.41) is 6.71. The van der Waals surface area contributed by atoms with Gasteiger partial charge in [0.2, 0.25) is 0 Å². The highest BCUT2D eigenvalue weighted by atomic mass is 32.2. The molecule has 6 nitrogen and oxygen atoms in total. The SMILES string of the molecule is COC(=O)C1(NCCN=[N+]=[N-])CCSc2ccccc21. The molecule has 0 amide bonds. The summed E-state index contributed by atoms with van der Waals surface area (Å²) < 4.78 is 4.99. The third-order valence-electron chi connectivity index (χ3n) is 3.32. The van der Waals surface area contributed by atoms with Crippen molar-refractivity contribution in [3.8, 4) is 0 Å². The van der Waals surface area contributed by atoms with E-state index in [4.69, 9.17) is 10.3 Å². The Morgan fingerprint density at radius 1 is 1.60 bits per heavy atom. The van der Waals surface area contributed by atoms with Gasteiger partial charge in [0.1, 0.15) is 5.54 Å². The fraction of sp³-hybridized carbons (Fsp3) is 0.462. The third-order valence-corrected chi connectivity index (χ3v) is 4.39. The van der Waals surface area contributed by atoms with Gasteiger partial charge in [0.15, 0.2) is 0 Å². The lowest BCUT2D eigenvalue weighted by atomic mass is 9.86. The number of azide groups is 1. The minimum Gasteiger partial charge on any atom is -0.467 e. The molecular weight excluding hydrogens is 276 g/mol. The molecule has 0 radical (unpaired) electrons. The number of fused-ring (bicyclic) bond motifs is 1. The van der Waals surface area contributed by atoms with Crippen LogP contribution < -0.4 is 5.32 Å². The Morgan fingerprint density at radius 3 is 3.15 bits per heavy atom. The van der Waals surface area contributed by atoms with Crippen molar-refractivity contribution in [1.29, 1.82) is 0 Å². The molecule has 1 aliphatic heterocycles. The van der Waals surface area contributed by atoms with Gasteiger partial charge in [0.05, 0.1) is 7.11 Å². The van der Waals surface area contributed by atoms with Crippen molar-refractivity contribution in [2.45, 2.75) is 16.9 Å². The molecule has 0 fully saturated rings. The average Bonchev–Trinajstić information content (AvgIpc) is 2.51. The molecule has 0 bridgehead atoms. The van der Waals surface area contributed by atoms with Gasteiger partial charge >= 0.3 is 5.97 Å². The lowest BCUT2D eigenvalue weighted by Gasteiger charge is -2.37. The van der Waals surface area contributed by atoms with Crippen LogP contribution in [0.15, 0.2) is 34.3 Å². The first-order valence-corrected chi connectivity index (χ1v) is 7.30. The van der Waals surface area contributed by atoms with Crippen LogP contribution >= 0.6 is 11.8 Å². The van der Waals surface area contributed by atoms with Gasteiger partial charge in [-0.1, -0.05) is 23.3 Å². The van der Waals surface area contributed by atoms with Crippen LogP contribution in [-0.2, 0) is 15.1 Å². The molecular formula is C13H16N4O2S. The average molecular weight is 292 g/mol. The Kier molecular flexibility index (Phi) is 4.89. The van der Waals surface area contributed by atoms with Crippen LogP contribution in [0.2, 0.25) is 0 Å². The summed E-state index contributed by atoms with van der Waals surface area (Å²) in [4.78, 5) is 16.1. The second-order valence-corrected chi connectivity index (χ2v) is 5.51. The summed E-state index contributed by atoms with van der Waals surface area (Å²) >= 11 is 1.73. The van der Waals surface area contributed by atoms with E-state index in [1.54, 1.807) is 11.8 Å². The van der Waals surface area contributed by atoms with Crippen molar-refractivity contribution in [3.05, 3.63) is 40.3 Å². The van der Waals surface area contributed by atoms with Crippen LogP contribution in [0.25, 0.3) is 10.4 Å². The Morgan fingerprint density at radius 2 is 2.40 bits per heavy atom. The number of hydrogen-bond acceptors (Lipinski definition) is 5. The van der Waals surface area contributed by atoms with E-state index in [2.05, 4.69) is 15.3 Å². The highest BCUT2D eigenvalue weighted by Gasteiger charge is 2.44. The lowest BCUT2D eigenvalue weighted by Crippen LogP contribution is -2.52. The molecule has 1 aromatic carbocycles. The van der Waals surface area contributed by atoms with Gasteiger partial charge in [-0.05, 0) is 23.6 Å². The summed E-state index contributed by atoms with van der Waals surface area (Å²) in [7, 11) is 1.39. The molecule has 20 heavy (non-hydrogen) atoms. The van der Waals surface area contributed by atoms with Crippen molar-refractivity contribution in [2.24, 2.45) is 5.11 Å². The van der Waals surface area contributed by atoms with Crippen molar-refractivity contribution < 1.29 is 9.53 Å². The number of ether oxygens (including phenoxy) is 1. The summed E-state index contributed by atoms with van der Waals surface area (Å²) in [6.07, 6.45) is 0.650. The summed E-state index contributed by atoms with van der Waals surface area (Å²) in [6, 6.07) is 7.82. The topological polar surface area (TPSA) is 87.1 Å². The molecule has 0 saturated carbocycles. The normalized spacial score (nSPS) is 20.6. The largest absolute Gasteiger partial charge is 0.467 e. The van der Waals surface area contributed by atoms with E-state index in [1.807, 2.05) is 24.3 Å². The predicted molar refractivity (Wildman–Crippen MR) is 77.5 cm³/mol. The van der Waals surface area contributed by atoms with Crippen molar-refractivity contribution >= 4 is 17.7 Å². The highest BCUT2D eigenvalue weighted by molar-refractivity contribution is 7.99. The number of esters is 1. The fourth-order valence-corrected chi connectivity index (χ4v) is 3.60. The minimum absolute atomic E-state index is 0.296. The van der Waals surface area contributed by atoms with E-state index in [9.17, 15) is 4.79 Å². The summed E-state index contributed by atoms with van der Waals surface area (Å²) in [5.41, 5.74) is 8.40. The Balaban J connectivity index is 2.33. The first kappa shape index (κ1) is 14.7. The van der Waals surface area contributed by atoms with E-state index < -0.39 is 5.54 Å². The molecule has 1 aliphatic rings. The van der Waals surface area contributed by atoms with E-state index in [0.29, 0.717) is 19.5 Å². The smallest absolute Gasteiger partial charge is 0.330 e. The maximum atomic E-state index is 12.3. The molecule has 1 atom stereocenters. The van der Waals surface area contributed by atoms with E-state index in [-0.39, 0.29) is 5.97 Å². The van der Waals surface area contributed by atoms with Crippen LogP contribution in [0.4, 0.5) is 0 Å². The number of benzene rings is 1. The molecule has 0 saturated heterocycles. The molecule has 1 heterocycles. The van der Waals surface area contributed by atoms with Crippen LogP contribution in [0.3, 0.4) is 0 Å². The standard InChI is InChI=1S/C13H16N4O2S/c1-19-12(18)13(15-7-8-16-17-14)6-9-20-11-5-3-2-4-10(11)13/h2-5,15H,6-9H2,1H3. The first-order chi connectivity index (χ1) is 9.74. The monoisotopic (exact) mass is 292 g/mol. The number of methoxy groups -OCH3 is 1. The number of hydrogen-bond donors (Lipinski definition) is 1. The molecule has 106 valence electrons. The molecule has 0 aromatic heterocycles. The van der Waals surface area contributed by atoms with Gasteiger partial charge in [0, 0.05) is 28.6 Å². The van der Waals surface area contributed by atoms with Gasteiger partial charge in [-0.25, -0.2) is 4.79 Å². The quantitative estimate of drug-likeness (QED) is 0.297. The number of nitrogens with one attached hydrogen (secondary N) is 1. The van der Waals surface area contributed by atoms with Crippen LogP contribution in [-0.4, -0.2) is 31.9 Å². The number of thioether (sulfide) groups is 1. The van der Waals surface area contributed by atoms with Gasteiger partial charge < -0.3 is 4.74 Å². The number of carbonyl (C=O) groups is 1. The van der Waals surface area contributed by atoms with Crippen LogP contribution in [0, 0.1) is 0 Å². The molecule has 1 N–H and O–H groups in total. The second-order valence-electron chi connectivity index (χ2n) is 4.37. The van der Waals surface area contributed by atoms with Crippen LogP contribution in [0.5, 0.6) is 0 Å². The molecule has 7 heteroatoms. The number of nitrogens with zero attached hydrogens (tertiary/aromatic N) is 3. The number of rotatable bonds is 5. The zero-order valence-corrected chi connectivity index (χ0v) is 12.0. The van der Waals surface area contributed by atoms with Crippen LogP contribution in [0.1, 0.15) is 12.0 Å². The highest BCUT2D eigenvalue weighted by Crippen LogP contribution is 2.40. The third kappa shape index (κ3) is 2.75. The fourth-order valence-electron chi connectivity index (χ4n) is 2.40. The Labute approximate surface area is 121 Å². The van der Waals surface area contributed by atoms with Gasteiger partial charge in [-0.2, -0.15) is 0 Å². The second kappa shape index (κ2) is 6.65. The van der Waals surface area contributed by atoms with Crippen molar-refractivity contribution in [3.63, 3.8) is 0 Å². The zero-order valence-electron chi connectivity index (χ0n) is 11.2. The molecule has 1 unspecified atom stereocenters. The minimum atomic E-state index is -0.846. The molecule has 1 aromatic rings. The zero-order chi connectivity index (χ0) is 14.4. The van der Waals surface area contributed by atoms with E-state index in [0.717, 1.165) is 16.2 Å². The van der Waals surface area contributed by atoms with Crippen molar-refractivity contribution in [1.82, 2.24) is 5.32 Å². The maximum Gasteiger partial charge on any atom is 0.330 e. The maximum absolute atomic E-state index is 12.3. The van der Waals surface area contributed by atoms with E-state index in [1.165, 1.54) is 7.11 Å². The van der Waals surface area contributed by atoms with Gasteiger partial charge in [-0.3, -0.25) is 5.32 Å². The number of carbonyl (C=O) groups excluding carboxylic acids is 1.